The zero-order valence-electron chi connectivity index (χ0n) is 12.6. The Labute approximate surface area is 117 Å². The summed E-state index contributed by atoms with van der Waals surface area (Å²) < 4.78 is 0. The molecule has 3 atom stereocenters. The first-order valence-corrected chi connectivity index (χ1v) is 7.38. The average Bonchev–Trinajstić information content (AvgIpc) is 2.60. The van der Waals surface area contributed by atoms with Crippen molar-refractivity contribution in [2.75, 3.05) is 6.54 Å². The van der Waals surface area contributed by atoms with Crippen LogP contribution in [0.4, 0.5) is 0 Å². The number of fused-ring (bicyclic) bond motifs is 1. The minimum absolute atomic E-state index is 0.130. The van der Waals surface area contributed by atoms with E-state index in [4.69, 9.17) is 0 Å². The molecule has 2 N–H and O–H groups in total. The van der Waals surface area contributed by atoms with Crippen molar-refractivity contribution in [3.05, 3.63) is 35.4 Å². The van der Waals surface area contributed by atoms with Crippen LogP contribution in [-0.2, 0) is 6.42 Å². The van der Waals surface area contributed by atoms with Gasteiger partial charge in [0.05, 0.1) is 6.10 Å². The van der Waals surface area contributed by atoms with Gasteiger partial charge < -0.3 is 10.4 Å². The normalized spacial score (nSPS) is 24.3. The van der Waals surface area contributed by atoms with E-state index in [0.717, 1.165) is 13.0 Å². The van der Waals surface area contributed by atoms with Crippen molar-refractivity contribution in [2.24, 2.45) is 11.3 Å². The van der Waals surface area contributed by atoms with E-state index in [1.54, 1.807) is 0 Å². The molecule has 1 aromatic carbocycles. The predicted molar refractivity (Wildman–Crippen MR) is 80.1 cm³/mol. The van der Waals surface area contributed by atoms with Crippen molar-refractivity contribution in [1.29, 1.82) is 0 Å². The van der Waals surface area contributed by atoms with Crippen molar-refractivity contribution < 1.29 is 5.11 Å². The fourth-order valence-electron chi connectivity index (χ4n) is 3.36. The van der Waals surface area contributed by atoms with Crippen LogP contribution in [0.15, 0.2) is 24.3 Å². The fourth-order valence-corrected chi connectivity index (χ4v) is 3.36. The maximum Gasteiger partial charge on any atom is 0.0517 e. The van der Waals surface area contributed by atoms with Gasteiger partial charge in [-0.2, -0.15) is 0 Å². The minimum Gasteiger partial charge on any atom is -0.393 e. The van der Waals surface area contributed by atoms with Gasteiger partial charge >= 0.3 is 0 Å². The molecule has 0 saturated heterocycles. The summed E-state index contributed by atoms with van der Waals surface area (Å²) >= 11 is 0. The van der Waals surface area contributed by atoms with Gasteiger partial charge in [-0.25, -0.2) is 0 Å². The van der Waals surface area contributed by atoms with Crippen molar-refractivity contribution in [3.63, 3.8) is 0 Å². The van der Waals surface area contributed by atoms with Crippen molar-refractivity contribution in [2.45, 2.75) is 52.7 Å². The third-order valence-electron chi connectivity index (χ3n) is 4.15. The molecule has 0 amide bonds. The van der Waals surface area contributed by atoms with Gasteiger partial charge in [0.15, 0.2) is 0 Å². The molecule has 1 aliphatic rings. The average molecular weight is 261 g/mol. The van der Waals surface area contributed by atoms with Gasteiger partial charge in [-0.05, 0) is 42.2 Å². The monoisotopic (exact) mass is 261 g/mol. The molecule has 0 aliphatic heterocycles. The van der Waals surface area contributed by atoms with Gasteiger partial charge in [-0.1, -0.05) is 45.0 Å². The molecule has 0 radical (unpaired) electrons. The number of aliphatic hydroxyl groups excluding tert-OH is 1. The SMILES string of the molecule is CC(O)CC(C)(C)CNC1c2ccccc2CC1C. The van der Waals surface area contributed by atoms with E-state index in [-0.39, 0.29) is 11.5 Å². The largest absolute Gasteiger partial charge is 0.393 e. The number of hydrogen-bond donors (Lipinski definition) is 2. The topological polar surface area (TPSA) is 32.3 Å². The number of rotatable bonds is 5. The lowest BCUT2D eigenvalue weighted by molar-refractivity contribution is 0.125. The lowest BCUT2D eigenvalue weighted by atomic mass is 9.86. The van der Waals surface area contributed by atoms with Gasteiger partial charge in [-0.15, -0.1) is 0 Å². The highest BCUT2D eigenvalue weighted by Crippen LogP contribution is 2.36. The van der Waals surface area contributed by atoms with Crippen LogP contribution in [0.2, 0.25) is 0 Å². The first-order chi connectivity index (χ1) is 8.89. The van der Waals surface area contributed by atoms with Gasteiger partial charge in [-0.3, -0.25) is 0 Å². The van der Waals surface area contributed by atoms with E-state index in [9.17, 15) is 5.11 Å². The summed E-state index contributed by atoms with van der Waals surface area (Å²) in [7, 11) is 0. The van der Waals surface area contributed by atoms with Gasteiger partial charge in [0.25, 0.3) is 0 Å². The third-order valence-corrected chi connectivity index (χ3v) is 4.15. The number of hydrogen-bond acceptors (Lipinski definition) is 2. The molecule has 0 aromatic heterocycles. The third kappa shape index (κ3) is 3.58. The Morgan fingerprint density at radius 3 is 2.74 bits per heavy atom. The molecule has 2 heteroatoms. The number of nitrogens with one attached hydrogen (secondary N) is 1. The van der Waals surface area contributed by atoms with Gasteiger partial charge in [0.2, 0.25) is 0 Å². The molecular formula is C17H27NO. The summed E-state index contributed by atoms with van der Waals surface area (Å²) in [6.45, 7) is 9.58. The highest BCUT2D eigenvalue weighted by molar-refractivity contribution is 5.35. The predicted octanol–water partition coefficient (Wildman–Crippen LogP) is 3.31. The van der Waals surface area contributed by atoms with Crippen LogP contribution >= 0.6 is 0 Å². The Bertz CT molecular complexity index is 425. The summed E-state index contributed by atoms with van der Waals surface area (Å²) in [5, 5.41) is 13.3. The van der Waals surface area contributed by atoms with E-state index >= 15 is 0 Å². The molecule has 0 heterocycles. The minimum atomic E-state index is -0.231. The van der Waals surface area contributed by atoms with E-state index < -0.39 is 0 Å². The second kappa shape index (κ2) is 5.64. The number of aliphatic hydroxyl groups is 1. The lowest BCUT2D eigenvalue weighted by Gasteiger charge is -2.30. The highest BCUT2D eigenvalue weighted by Gasteiger charge is 2.30. The number of benzene rings is 1. The van der Waals surface area contributed by atoms with Crippen molar-refractivity contribution in [3.8, 4) is 0 Å². The smallest absolute Gasteiger partial charge is 0.0517 e. The van der Waals surface area contributed by atoms with Crippen LogP contribution in [0.3, 0.4) is 0 Å². The first kappa shape index (κ1) is 14.5. The van der Waals surface area contributed by atoms with Gasteiger partial charge in [0.1, 0.15) is 0 Å². The molecule has 2 rings (SSSR count). The molecule has 1 aromatic rings. The lowest BCUT2D eigenvalue weighted by Crippen LogP contribution is -2.35. The summed E-state index contributed by atoms with van der Waals surface area (Å²) in [6.07, 6.45) is 1.78. The van der Waals surface area contributed by atoms with Crippen LogP contribution in [0.25, 0.3) is 0 Å². The Morgan fingerprint density at radius 2 is 2.05 bits per heavy atom. The zero-order chi connectivity index (χ0) is 14.0. The maximum absolute atomic E-state index is 9.56. The van der Waals surface area contributed by atoms with E-state index in [0.29, 0.717) is 12.0 Å². The summed E-state index contributed by atoms with van der Waals surface area (Å²) in [6, 6.07) is 9.22. The molecule has 106 valence electrons. The summed E-state index contributed by atoms with van der Waals surface area (Å²) in [5.74, 6) is 0.653. The molecular weight excluding hydrogens is 234 g/mol. The Morgan fingerprint density at radius 1 is 1.37 bits per heavy atom. The Hall–Kier alpha value is -0.860. The zero-order valence-corrected chi connectivity index (χ0v) is 12.6. The fraction of sp³-hybridized carbons (Fsp3) is 0.647. The molecule has 1 aliphatic carbocycles. The van der Waals surface area contributed by atoms with Crippen molar-refractivity contribution in [1.82, 2.24) is 5.32 Å². The second-order valence-electron chi connectivity index (χ2n) is 6.96. The first-order valence-electron chi connectivity index (χ1n) is 7.38. The van der Waals surface area contributed by atoms with Crippen LogP contribution < -0.4 is 5.32 Å². The van der Waals surface area contributed by atoms with Crippen molar-refractivity contribution >= 4 is 0 Å². The maximum atomic E-state index is 9.56. The highest BCUT2D eigenvalue weighted by atomic mass is 16.3. The molecule has 0 saturated carbocycles. The van der Waals surface area contributed by atoms with Crippen LogP contribution in [0, 0.1) is 11.3 Å². The van der Waals surface area contributed by atoms with Crippen LogP contribution in [0.5, 0.6) is 0 Å². The van der Waals surface area contributed by atoms with Crippen LogP contribution in [0.1, 0.15) is 51.3 Å². The Kier molecular flexibility index (Phi) is 4.32. The quantitative estimate of drug-likeness (QED) is 0.852. The van der Waals surface area contributed by atoms with E-state index in [2.05, 4.69) is 50.4 Å². The molecule has 19 heavy (non-hydrogen) atoms. The van der Waals surface area contributed by atoms with E-state index in [1.807, 2.05) is 6.92 Å². The van der Waals surface area contributed by atoms with Crippen LogP contribution in [-0.4, -0.2) is 17.8 Å². The van der Waals surface area contributed by atoms with Gasteiger partial charge in [0, 0.05) is 12.6 Å². The molecule has 0 spiro atoms. The molecule has 0 bridgehead atoms. The molecule has 3 unspecified atom stereocenters. The second-order valence-corrected chi connectivity index (χ2v) is 6.96. The van der Waals surface area contributed by atoms with E-state index in [1.165, 1.54) is 17.5 Å². The molecule has 0 fully saturated rings. The summed E-state index contributed by atoms with van der Waals surface area (Å²) in [5.41, 5.74) is 3.08. The Balaban J connectivity index is 2.00. The molecule has 2 nitrogen and oxygen atoms in total. The standard InChI is InChI=1S/C17H27NO/c1-12-9-14-7-5-6-8-15(14)16(12)18-11-17(3,4)10-13(2)19/h5-8,12-13,16,18-19H,9-11H2,1-4H3. The summed E-state index contributed by atoms with van der Waals surface area (Å²) in [4.78, 5) is 0.